The van der Waals surface area contributed by atoms with E-state index in [9.17, 15) is 26.3 Å². The first-order valence-electron chi connectivity index (χ1n) is 1.54. The van der Waals surface area contributed by atoms with Crippen molar-refractivity contribution in [2.24, 2.45) is 0 Å². The second-order valence-corrected chi connectivity index (χ2v) is 4.22. The summed E-state index contributed by atoms with van der Waals surface area (Å²) in [4.78, 5) is 0. The van der Waals surface area contributed by atoms with Crippen LogP contribution in [0.4, 0.5) is 26.3 Å². The van der Waals surface area contributed by atoms with Crippen LogP contribution in [0.2, 0.25) is 0 Å². The fourth-order valence-corrected chi connectivity index (χ4v) is 0.880. The molecule has 0 heterocycles. The molecule has 0 aromatic heterocycles. The van der Waals surface area contributed by atoms with Crippen LogP contribution in [0.1, 0.15) is 0 Å². The van der Waals surface area contributed by atoms with Crippen LogP contribution in [0.3, 0.4) is 0 Å². The Balaban J connectivity index is 3.75. The molecule has 0 aliphatic heterocycles. The summed E-state index contributed by atoms with van der Waals surface area (Å²) in [7, 11) is 0. The van der Waals surface area contributed by atoms with Crippen molar-refractivity contribution in [1.82, 2.24) is 0 Å². The van der Waals surface area contributed by atoms with E-state index < -0.39 is 29.4 Å². The third-order valence-corrected chi connectivity index (χ3v) is 1.55. The van der Waals surface area contributed by atoms with Crippen molar-refractivity contribution in [2.45, 2.75) is 8.45 Å². The van der Waals surface area contributed by atoms with Gasteiger partial charge in [-0.2, -0.15) is 0 Å². The number of hydrogen-bond donors (Lipinski definition) is 0. The van der Waals surface area contributed by atoms with Gasteiger partial charge in [-0.3, -0.25) is 0 Å². The predicted molar refractivity (Wildman–Crippen MR) is 17.9 cm³/mol. The molecule has 0 aromatic carbocycles. The second-order valence-electron chi connectivity index (χ2n) is 0.994. The third-order valence-electron chi connectivity index (χ3n) is 0.231. The van der Waals surface area contributed by atoms with Gasteiger partial charge in [0.25, 0.3) is 0 Å². The summed E-state index contributed by atoms with van der Waals surface area (Å²) in [5, 5.41) is 0. The van der Waals surface area contributed by atoms with Gasteiger partial charge in [-0.25, -0.2) is 0 Å². The Hall–Kier alpha value is 0.370. The maximum absolute atomic E-state index is 10.9. The summed E-state index contributed by atoms with van der Waals surface area (Å²) >= 11 is -3.83. The van der Waals surface area contributed by atoms with Crippen LogP contribution in [0.5, 0.6) is 0 Å². The molecule has 0 saturated carbocycles. The van der Waals surface area contributed by atoms with Gasteiger partial charge in [0.2, 0.25) is 0 Å². The van der Waals surface area contributed by atoms with Crippen molar-refractivity contribution in [3.63, 3.8) is 0 Å². The summed E-state index contributed by atoms with van der Waals surface area (Å²) < 4.78 is 55.3. The van der Waals surface area contributed by atoms with Crippen molar-refractivity contribution in [3.8, 4) is 0 Å². The molecule has 0 fully saturated rings. The number of rotatable bonds is 0. The first kappa shape index (κ1) is 9.37. The first-order valence-corrected chi connectivity index (χ1v) is 3.87. The topological polar surface area (TPSA) is 0 Å². The fourth-order valence-electron chi connectivity index (χ4n) is 0.131. The van der Waals surface area contributed by atoms with Gasteiger partial charge in [-0.15, -0.1) is 0 Å². The maximum atomic E-state index is 10.9. The first-order chi connectivity index (χ1) is 3.71. The molecule has 0 atom stereocenters. The molecule has 0 amide bonds. The zero-order chi connectivity index (χ0) is 7.71. The number of halogens is 6. The SMILES string of the molecule is FC(F)(F)[Te]C(F)(F)F. The minimum atomic E-state index is -5.01. The van der Waals surface area contributed by atoms with E-state index in [0.717, 1.165) is 0 Å². The summed E-state index contributed by atoms with van der Waals surface area (Å²) in [6.45, 7) is 0. The molecule has 0 aliphatic carbocycles. The molecule has 0 aliphatic rings. The van der Waals surface area contributed by atoms with Gasteiger partial charge in [0.15, 0.2) is 0 Å². The summed E-state index contributed by atoms with van der Waals surface area (Å²) in [5.74, 6) is 0. The molecular weight excluding hydrogens is 266 g/mol. The second kappa shape index (κ2) is 2.54. The van der Waals surface area contributed by atoms with E-state index in [4.69, 9.17) is 0 Å². The average Bonchev–Trinajstić information content (AvgIpc) is 1.14. The van der Waals surface area contributed by atoms with Crippen molar-refractivity contribution < 1.29 is 26.3 Å². The van der Waals surface area contributed by atoms with Crippen LogP contribution in [0, 0.1) is 0 Å². The van der Waals surface area contributed by atoms with E-state index in [2.05, 4.69) is 0 Å². The van der Waals surface area contributed by atoms with Crippen LogP contribution in [-0.2, 0) is 0 Å². The molecule has 0 bridgehead atoms. The third kappa shape index (κ3) is 8.37. The summed E-state index contributed by atoms with van der Waals surface area (Å²) in [5.41, 5.74) is 0. The van der Waals surface area contributed by atoms with Gasteiger partial charge in [0, 0.05) is 0 Å². The van der Waals surface area contributed by atoms with E-state index in [-0.39, 0.29) is 0 Å². The zero-order valence-corrected chi connectivity index (χ0v) is 6.01. The minimum absolute atomic E-state index is 3.83. The van der Waals surface area contributed by atoms with Gasteiger partial charge < -0.3 is 0 Å². The molecule has 0 aromatic rings. The fraction of sp³-hybridized carbons (Fsp3) is 1.00. The molecule has 0 radical (unpaired) electrons. The van der Waals surface area contributed by atoms with Gasteiger partial charge in [-0.1, -0.05) is 0 Å². The van der Waals surface area contributed by atoms with E-state index in [1.807, 2.05) is 0 Å². The molecule has 7 heteroatoms. The van der Waals surface area contributed by atoms with Crippen LogP contribution in [0.15, 0.2) is 0 Å². The van der Waals surface area contributed by atoms with Crippen molar-refractivity contribution in [3.05, 3.63) is 0 Å². The Morgan fingerprint density at radius 2 is 0.889 bits per heavy atom. The van der Waals surface area contributed by atoms with E-state index in [0.29, 0.717) is 0 Å². The molecule has 56 valence electrons. The van der Waals surface area contributed by atoms with Crippen LogP contribution >= 0.6 is 0 Å². The summed E-state index contributed by atoms with van der Waals surface area (Å²) in [6.07, 6.45) is 0. The van der Waals surface area contributed by atoms with Gasteiger partial charge in [0.05, 0.1) is 0 Å². The van der Waals surface area contributed by atoms with Crippen molar-refractivity contribution >= 4 is 20.9 Å². The molecule has 0 rings (SSSR count). The molecule has 0 nitrogen and oxygen atoms in total. The molecule has 0 spiro atoms. The van der Waals surface area contributed by atoms with Crippen molar-refractivity contribution in [1.29, 1.82) is 0 Å². The van der Waals surface area contributed by atoms with E-state index >= 15 is 0 Å². The monoisotopic (exact) mass is 268 g/mol. The Morgan fingerprint density at radius 1 is 0.667 bits per heavy atom. The Kier molecular flexibility index (Phi) is 2.65. The van der Waals surface area contributed by atoms with Gasteiger partial charge >= 0.3 is 55.7 Å². The van der Waals surface area contributed by atoms with Gasteiger partial charge in [-0.05, 0) is 0 Å². The van der Waals surface area contributed by atoms with Crippen LogP contribution < -0.4 is 0 Å². The Bertz CT molecular complexity index is 76.2. The number of alkyl halides is 6. The predicted octanol–water partition coefficient (Wildman–Crippen LogP) is 1.73. The number of hydrogen-bond acceptors (Lipinski definition) is 0. The summed E-state index contributed by atoms with van der Waals surface area (Å²) in [6, 6.07) is 0. The Labute approximate surface area is 56.3 Å². The normalized spacial score (nSPS) is 14.0. The molecule has 0 unspecified atom stereocenters. The van der Waals surface area contributed by atoms with E-state index in [1.165, 1.54) is 0 Å². The van der Waals surface area contributed by atoms with Gasteiger partial charge in [0.1, 0.15) is 0 Å². The molecule has 0 saturated heterocycles. The zero-order valence-electron chi connectivity index (χ0n) is 3.68. The standard InChI is InChI=1S/C2F6Te/c3-1(4,5)9-2(6,7)8. The molecule has 9 heavy (non-hydrogen) atoms. The molecular formula is C2F6Te. The molecule has 0 N–H and O–H groups in total. The van der Waals surface area contributed by atoms with E-state index in [1.54, 1.807) is 0 Å². The average molecular weight is 266 g/mol. The van der Waals surface area contributed by atoms with Crippen LogP contribution in [0.25, 0.3) is 0 Å². The van der Waals surface area contributed by atoms with Crippen molar-refractivity contribution in [2.75, 3.05) is 0 Å². The van der Waals surface area contributed by atoms with Crippen LogP contribution in [-0.4, -0.2) is 29.4 Å². The quantitative estimate of drug-likeness (QED) is 0.462. The Morgan fingerprint density at radius 3 is 0.889 bits per heavy atom.